The number of rotatable bonds is 2. The minimum absolute atomic E-state index is 0.106. The van der Waals surface area contributed by atoms with E-state index in [0.717, 1.165) is 0 Å². The van der Waals surface area contributed by atoms with Gasteiger partial charge in [0.05, 0.1) is 13.0 Å². The average molecular weight is 223 g/mol. The van der Waals surface area contributed by atoms with Gasteiger partial charge in [0.25, 0.3) is 0 Å². The van der Waals surface area contributed by atoms with Crippen LogP contribution in [0.25, 0.3) is 0 Å². The molecular weight excluding hydrogens is 211 g/mol. The summed E-state index contributed by atoms with van der Waals surface area (Å²) in [6.45, 7) is 3.93. The number of hydrogen-bond donors (Lipinski definition) is 0. The summed E-state index contributed by atoms with van der Waals surface area (Å²) in [6.07, 6.45) is 1.71. The highest BCUT2D eigenvalue weighted by atomic mass is 35.5. The third kappa shape index (κ3) is 1.84. The van der Waals surface area contributed by atoms with Crippen LogP contribution in [0.15, 0.2) is 10.6 Å². The van der Waals surface area contributed by atoms with E-state index in [1.807, 2.05) is 13.8 Å². The van der Waals surface area contributed by atoms with E-state index in [1.54, 1.807) is 6.08 Å². The molecule has 0 bridgehead atoms. The second-order valence-corrected chi connectivity index (χ2v) is 4.60. The average Bonchev–Trinajstić information content (AvgIpc) is 2.51. The zero-order valence-electron chi connectivity index (χ0n) is 7.80. The van der Waals surface area contributed by atoms with Gasteiger partial charge in [-0.25, -0.2) is 0 Å². The van der Waals surface area contributed by atoms with E-state index in [1.165, 1.54) is 7.11 Å². The van der Waals surface area contributed by atoms with Gasteiger partial charge in [0.2, 0.25) is 0 Å². The lowest BCUT2D eigenvalue weighted by molar-refractivity contribution is -0.143. The molecule has 4 heteroatoms. The van der Waals surface area contributed by atoms with E-state index in [2.05, 4.69) is 4.74 Å². The summed E-state index contributed by atoms with van der Waals surface area (Å²) in [6, 6.07) is 0. The molecule has 0 aliphatic heterocycles. The number of methoxy groups -OCH3 is 1. The molecule has 13 heavy (non-hydrogen) atoms. The minimum Gasteiger partial charge on any atom is -0.469 e. The van der Waals surface area contributed by atoms with Crippen LogP contribution in [-0.4, -0.2) is 13.1 Å². The second-order valence-electron chi connectivity index (χ2n) is 3.59. The number of hydrogen-bond acceptors (Lipinski definition) is 2. The fourth-order valence-corrected chi connectivity index (χ4v) is 2.26. The van der Waals surface area contributed by atoms with Crippen LogP contribution in [0.1, 0.15) is 13.8 Å². The molecule has 1 aliphatic rings. The first-order valence-electron chi connectivity index (χ1n) is 4.05. The topological polar surface area (TPSA) is 26.3 Å². The summed E-state index contributed by atoms with van der Waals surface area (Å²) in [5.41, 5.74) is -0.230. The van der Waals surface area contributed by atoms with Crippen molar-refractivity contribution in [1.82, 2.24) is 0 Å². The molecule has 0 aromatic heterocycles. The lowest BCUT2D eigenvalue weighted by atomic mass is 10.1. The largest absolute Gasteiger partial charge is 0.469 e. The summed E-state index contributed by atoms with van der Waals surface area (Å²) in [7, 11) is 1.39. The van der Waals surface area contributed by atoms with Crippen LogP contribution < -0.4 is 0 Å². The summed E-state index contributed by atoms with van der Waals surface area (Å²) >= 11 is 11.1. The Morgan fingerprint density at radius 2 is 2.08 bits per heavy atom. The van der Waals surface area contributed by atoms with Crippen molar-refractivity contribution in [1.29, 1.82) is 0 Å². The van der Waals surface area contributed by atoms with E-state index in [0.29, 0.717) is 0 Å². The third-order valence-corrected chi connectivity index (χ3v) is 3.14. The number of allylic oxidation sites excluding steroid dienone is 1. The number of halogens is 2. The van der Waals surface area contributed by atoms with Crippen molar-refractivity contribution in [2.45, 2.75) is 13.8 Å². The monoisotopic (exact) mass is 222 g/mol. The number of carbonyl (C=O) groups excluding carboxylic acids is 1. The van der Waals surface area contributed by atoms with Crippen molar-refractivity contribution < 1.29 is 9.53 Å². The van der Waals surface area contributed by atoms with Crippen molar-refractivity contribution in [2.24, 2.45) is 17.3 Å². The van der Waals surface area contributed by atoms with Gasteiger partial charge in [0, 0.05) is 5.41 Å². The van der Waals surface area contributed by atoms with Gasteiger partial charge in [-0.05, 0) is 12.0 Å². The molecule has 0 amide bonds. The predicted molar refractivity (Wildman–Crippen MR) is 52.6 cm³/mol. The van der Waals surface area contributed by atoms with Gasteiger partial charge in [0.1, 0.15) is 4.49 Å². The molecule has 0 heterocycles. The SMILES string of the molecule is COC(=O)C1C(C)C1(C)C=C(Cl)Cl. The van der Waals surface area contributed by atoms with Gasteiger partial charge >= 0.3 is 5.97 Å². The molecule has 3 atom stereocenters. The Balaban J connectivity index is 2.76. The fourth-order valence-electron chi connectivity index (χ4n) is 1.79. The molecule has 1 fully saturated rings. The number of ether oxygens (including phenoxy) is 1. The highest BCUT2D eigenvalue weighted by Crippen LogP contribution is 2.60. The van der Waals surface area contributed by atoms with E-state index >= 15 is 0 Å². The first-order chi connectivity index (χ1) is 5.93. The zero-order chi connectivity index (χ0) is 10.2. The zero-order valence-corrected chi connectivity index (χ0v) is 9.32. The maximum atomic E-state index is 11.2. The van der Waals surface area contributed by atoms with Gasteiger partial charge in [-0.1, -0.05) is 37.0 Å². The standard InChI is InChI=1S/C9H12Cl2O2/c1-5-7(8(12)13-3)9(5,2)4-6(10)11/h4-5,7H,1-3H3. The van der Waals surface area contributed by atoms with Crippen molar-refractivity contribution in [2.75, 3.05) is 7.11 Å². The smallest absolute Gasteiger partial charge is 0.309 e. The molecule has 2 nitrogen and oxygen atoms in total. The molecule has 74 valence electrons. The Hall–Kier alpha value is -0.210. The lowest BCUT2D eigenvalue weighted by Crippen LogP contribution is -2.08. The Morgan fingerprint density at radius 1 is 1.54 bits per heavy atom. The summed E-state index contributed by atoms with van der Waals surface area (Å²) in [4.78, 5) is 11.2. The molecule has 0 N–H and O–H groups in total. The quantitative estimate of drug-likeness (QED) is 0.673. The van der Waals surface area contributed by atoms with Gasteiger partial charge in [-0.3, -0.25) is 4.79 Å². The predicted octanol–water partition coefficient (Wildman–Crippen LogP) is 2.75. The molecule has 0 spiro atoms. The maximum absolute atomic E-state index is 11.2. The van der Waals surface area contributed by atoms with Crippen LogP contribution in [0.5, 0.6) is 0 Å². The first-order valence-corrected chi connectivity index (χ1v) is 4.80. The Labute approximate surface area is 87.8 Å². The molecule has 0 aromatic rings. The lowest BCUT2D eigenvalue weighted by Gasteiger charge is -2.03. The van der Waals surface area contributed by atoms with E-state index in [-0.39, 0.29) is 27.7 Å². The summed E-state index contributed by atoms with van der Waals surface area (Å²) in [5, 5.41) is 0. The third-order valence-electron chi connectivity index (χ3n) is 2.92. The minimum atomic E-state index is -0.230. The molecule has 0 aromatic carbocycles. The normalized spacial score (nSPS) is 36.7. The number of esters is 1. The van der Waals surface area contributed by atoms with Gasteiger partial charge < -0.3 is 4.74 Å². The Kier molecular flexibility index (Phi) is 2.93. The van der Waals surface area contributed by atoms with E-state index in [4.69, 9.17) is 23.2 Å². The second kappa shape index (κ2) is 3.50. The molecular formula is C9H12Cl2O2. The van der Waals surface area contributed by atoms with Crippen LogP contribution >= 0.6 is 23.2 Å². The summed E-state index contributed by atoms with van der Waals surface area (Å²) < 4.78 is 4.88. The van der Waals surface area contributed by atoms with Gasteiger partial charge in [-0.2, -0.15) is 0 Å². The molecule has 0 radical (unpaired) electrons. The molecule has 1 aliphatic carbocycles. The van der Waals surface area contributed by atoms with E-state index in [9.17, 15) is 4.79 Å². The van der Waals surface area contributed by atoms with Crippen LogP contribution in [-0.2, 0) is 9.53 Å². The van der Waals surface area contributed by atoms with Gasteiger partial charge in [0.15, 0.2) is 0 Å². The highest BCUT2D eigenvalue weighted by Gasteiger charge is 2.61. The van der Waals surface area contributed by atoms with Crippen molar-refractivity contribution >= 4 is 29.2 Å². The first kappa shape index (κ1) is 10.9. The molecule has 0 saturated heterocycles. The van der Waals surface area contributed by atoms with Gasteiger partial charge in [-0.15, -0.1) is 0 Å². The Morgan fingerprint density at radius 3 is 2.46 bits per heavy atom. The van der Waals surface area contributed by atoms with Crippen LogP contribution in [0.3, 0.4) is 0 Å². The fraction of sp³-hybridized carbons (Fsp3) is 0.667. The molecule has 3 unspecified atom stereocenters. The van der Waals surface area contributed by atoms with Crippen molar-refractivity contribution in [3.63, 3.8) is 0 Å². The van der Waals surface area contributed by atoms with Crippen LogP contribution in [0.4, 0.5) is 0 Å². The Bertz CT molecular complexity index is 258. The van der Waals surface area contributed by atoms with Crippen molar-refractivity contribution in [3.05, 3.63) is 10.6 Å². The highest BCUT2D eigenvalue weighted by molar-refractivity contribution is 6.55. The van der Waals surface area contributed by atoms with E-state index < -0.39 is 0 Å². The molecule has 1 rings (SSSR count). The van der Waals surface area contributed by atoms with Crippen LogP contribution in [0, 0.1) is 17.3 Å². The maximum Gasteiger partial charge on any atom is 0.309 e. The van der Waals surface area contributed by atoms with Crippen LogP contribution in [0.2, 0.25) is 0 Å². The summed E-state index contributed by atoms with van der Waals surface area (Å²) in [5.74, 6) is -0.0571. The number of carbonyl (C=O) groups is 1. The van der Waals surface area contributed by atoms with Crippen molar-refractivity contribution in [3.8, 4) is 0 Å². The molecule has 1 saturated carbocycles.